The predicted octanol–water partition coefficient (Wildman–Crippen LogP) is 1.86. The fourth-order valence-electron chi connectivity index (χ4n) is 3.44. The molecule has 2 bridgehead atoms. The van der Waals surface area contributed by atoms with Gasteiger partial charge in [0.05, 0.1) is 19.1 Å². The second kappa shape index (κ2) is 4.94. The van der Waals surface area contributed by atoms with Crippen molar-refractivity contribution < 1.29 is 14.0 Å². The highest BCUT2D eigenvalue weighted by atomic mass is 28.4. The van der Waals surface area contributed by atoms with Crippen LogP contribution in [0.4, 0.5) is 0 Å². The molecule has 0 radical (unpaired) electrons. The summed E-state index contributed by atoms with van der Waals surface area (Å²) in [6, 6.07) is 0.884. The van der Waals surface area contributed by atoms with Gasteiger partial charge in [-0.1, -0.05) is 0 Å². The number of nitrogens with zero attached hydrogens (tertiary/aromatic N) is 1. The number of methoxy groups -OCH3 is 1. The highest BCUT2D eigenvalue weighted by Gasteiger charge is 2.50. The van der Waals surface area contributed by atoms with Crippen LogP contribution in [0.15, 0.2) is 0 Å². The summed E-state index contributed by atoms with van der Waals surface area (Å²) in [6.07, 6.45) is 3.29. The SMILES string of the molecule is COC(=O)[C@H]1[C@@H](O[Si](C)(C)C)C[C@@H]2CC[C@H]1N2C. The van der Waals surface area contributed by atoms with Gasteiger partial charge in [-0.25, -0.2) is 0 Å². The van der Waals surface area contributed by atoms with Crippen LogP contribution in [-0.4, -0.2) is 51.5 Å². The second-order valence-corrected chi connectivity index (χ2v) is 11.0. The Labute approximate surface area is 111 Å². The molecule has 0 saturated carbocycles. The quantitative estimate of drug-likeness (QED) is 0.580. The van der Waals surface area contributed by atoms with Gasteiger partial charge in [-0.15, -0.1) is 0 Å². The van der Waals surface area contributed by atoms with Crippen molar-refractivity contribution in [2.24, 2.45) is 5.92 Å². The highest BCUT2D eigenvalue weighted by molar-refractivity contribution is 6.69. The smallest absolute Gasteiger partial charge is 0.312 e. The minimum Gasteiger partial charge on any atom is -0.469 e. The average molecular weight is 271 g/mol. The molecule has 4 nitrogen and oxygen atoms in total. The molecule has 0 spiro atoms. The third-order valence-corrected chi connectivity index (χ3v) is 5.20. The third-order valence-electron chi connectivity index (χ3n) is 4.19. The van der Waals surface area contributed by atoms with E-state index in [2.05, 4.69) is 31.6 Å². The maximum absolute atomic E-state index is 12.1. The molecule has 0 aromatic heterocycles. The summed E-state index contributed by atoms with van der Waals surface area (Å²) in [5.74, 6) is -0.207. The minimum absolute atomic E-state index is 0.0535. The van der Waals surface area contributed by atoms with Crippen molar-refractivity contribution in [1.82, 2.24) is 4.90 Å². The van der Waals surface area contributed by atoms with Gasteiger partial charge in [0.15, 0.2) is 8.32 Å². The van der Waals surface area contributed by atoms with Crippen LogP contribution in [0.1, 0.15) is 19.3 Å². The molecule has 18 heavy (non-hydrogen) atoms. The summed E-state index contributed by atoms with van der Waals surface area (Å²) < 4.78 is 11.3. The molecule has 2 heterocycles. The largest absolute Gasteiger partial charge is 0.469 e. The lowest BCUT2D eigenvalue weighted by molar-refractivity contribution is -0.154. The van der Waals surface area contributed by atoms with E-state index in [4.69, 9.17) is 9.16 Å². The molecule has 2 aliphatic rings. The normalized spacial score (nSPS) is 36.7. The number of hydrogen-bond acceptors (Lipinski definition) is 4. The van der Waals surface area contributed by atoms with Gasteiger partial charge in [-0.2, -0.15) is 0 Å². The summed E-state index contributed by atoms with van der Waals surface area (Å²) in [4.78, 5) is 14.4. The molecule has 2 rings (SSSR count). The molecule has 104 valence electrons. The van der Waals surface area contributed by atoms with Crippen LogP contribution in [0.3, 0.4) is 0 Å². The van der Waals surface area contributed by atoms with E-state index < -0.39 is 8.32 Å². The van der Waals surface area contributed by atoms with Gasteiger partial charge in [-0.3, -0.25) is 9.69 Å². The van der Waals surface area contributed by atoms with E-state index in [9.17, 15) is 4.79 Å². The van der Waals surface area contributed by atoms with Crippen molar-refractivity contribution >= 4 is 14.3 Å². The monoisotopic (exact) mass is 271 g/mol. The summed E-state index contributed by atoms with van der Waals surface area (Å²) >= 11 is 0. The molecule has 2 fully saturated rings. The van der Waals surface area contributed by atoms with Crippen molar-refractivity contribution in [2.45, 2.75) is 57.1 Å². The van der Waals surface area contributed by atoms with Gasteiger partial charge >= 0.3 is 5.97 Å². The molecule has 4 atom stereocenters. The van der Waals surface area contributed by atoms with Crippen LogP contribution in [0.25, 0.3) is 0 Å². The van der Waals surface area contributed by atoms with Crippen LogP contribution >= 0.6 is 0 Å². The zero-order valence-electron chi connectivity index (χ0n) is 12.1. The number of carbonyl (C=O) groups excluding carboxylic acids is 1. The summed E-state index contributed by atoms with van der Waals surface area (Å²) in [5, 5.41) is 0. The zero-order chi connectivity index (χ0) is 13.5. The van der Waals surface area contributed by atoms with Gasteiger partial charge in [0, 0.05) is 12.1 Å². The number of rotatable bonds is 3. The summed E-state index contributed by atoms with van der Waals surface area (Å²) in [7, 11) is 1.98. The van der Waals surface area contributed by atoms with Crippen molar-refractivity contribution in [3.63, 3.8) is 0 Å². The molecular weight excluding hydrogens is 246 g/mol. The first kappa shape index (κ1) is 14.0. The van der Waals surface area contributed by atoms with Crippen LogP contribution in [0, 0.1) is 5.92 Å². The van der Waals surface area contributed by atoms with Crippen LogP contribution < -0.4 is 0 Å². The molecule has 0 aromatic rings. The highest BCUT2D eigenvalue weighted by Crippen LogP contribution is 2.40. The van der Waals surface area contributed by atoms with Crippen LogP contribution in [0.2, 0.25) is 19.6 Å². The van der Waals surface area contributed by atoms with E-state index in [1.165, 1.54) is 13.5 Å². The molecular formula is C13H25NO3Si. The van der Waals surface area contributed by atoms with Gasteiger partial charge in [0.25, 0.3) is 0 Å². The molecule has 0 amide bonds. The predicted molar refractivity (Wildman–Crippen MR) is 72.9 cm³/mol. The number of esters is 1. The number of fused-ring (bicyclic) bond motifs is 2. The fraction of sp³-hybridized carbons (Fsp3) is 0.923. The Morgan fingerprint density at radius 1 is 1.28 bits per heavy atom. The Bertz CT molecular complexity index is 329. The van der Waals surface area contributed by atoms with Gasteiger partial charge in [0.1, 0.15) is 0 Å². The van der Waals surface area contributed by atoms with Crippen LogP contribution in [0.5, 0.6) is 0 Å². The lowest BCUT2D eigenvalue weighted by Crippen LogP contribution is -2.55. The Morgan fingerprint density at radius 3 is 2.50 bits per heavy atom. The van der Waals surface area contributed by atoms with Crippen molar-refractivity contribution in [3.8, 4) is 0 Å². The summed E-state index contributed by atoms with van der Waals surface area (Å²) in [6.45, 7) is 6.55. The Balaban J connectivity index is 2.19. The Hall–Kier alpha value is -0.393. The van der Waals surface area contributed by atoms with Gasteiger partial charge in [0.2, 0.25) is 0 Å². The van der Waals surface area contributed by atoms with Gasteiger partial charge < -0.3 is 9.16 Å². The number of ether oxygens (including phenoxy) is 1. The molecule has 2 saturated heterocycles. The van der Waals surface area contributed by atoms with E-state index in [0.717, 1.165) is 12.8 Å². The maximum atomic E-state index is 12.1. The second-order valence-electron chi connectivity index (χ2n) is 6.52. The average Bonchev–Trinajstić information content (AvgIpc) is 2.50. The molecule has 0 N–H and O–H groups in total. The molecule has 0 aliphatic carbocycles. The molecule has 5 heteroatoms. The lowest BCUT2D eigenvalue weighted by atomic mass is 9.88. The first-order chi connectivity index (χ1) is 8.33. The van der Waals surface area contributed by atoms with Gasteiger partial charge in [-0.05, 0) is 46.0 Å². The van der Waals surface area contributed by atoms with E-state index in [-0.39, 0.29) is 18.0 Å². The first-order valence-electron chi connectivity index (χ1n) is 6.81. The zero-order valence-corrected chi connectivity index (χ0v) is 13.1. The van der Waals surface area contributed by atoms with Crippen molar-refractivity contribution in [3.05, 3.63) is 0 Å². The van der Waals surface area contributed by atoms with E-state index in [0.29, 0.717) is 12.1 Å². The number of piperidine rings is 1. The Morgan fingerprint density at radius 2 is 1.94 bits per heavy atom. The minimum atomic E-state index is -1.62. The van der Waals surface area contributed by atoms with Crippen molar-refractivity contribution in [2.75, 3.05) is 14.2 Å². The standard InChI is InChI=1S/C13H25NO3Si/c1-14-9-6-7-10(14)12(13(15)16-2)11(8-9)17-18(3,4)5/h9-12H,6-8H2,1-5H3/t9-,10+,11-,12+/m0/s1. The lowest BCUT2D eigenvalue weighted by Gasteiger charge is -2.43. The Kier molecular flexibility index (Phi) is 3.85. The first-order valence-corrected chi connectivity index (χ1v) is 10.2. The summed E-state index contributed by atoms with van der Waals surface area (Å²) in [5.41, 5.74) is 0. The van der Waals surface area contributed by atoms with Crippen LogP contribution in [-0.2, 0) is 14.0 Å². The number of hydrogen-bond donors (Lipinski definition) is 0. The maximum Gasteiger partial charge on any atom is 0.312 e. The number of carbonyl (C=O) groups is 1. The van der Waals surface area contributed by atoms with E-state index in [1.807, 2.05) is 0 Å². The third kappa shape index (κ3) is 2.63. The van der Waals surface area contributed by atoms with E-state index in [1.54, 1.807) is 0 Å². The van der Waals surface area contributed by atoms with E-state index >= 15 is 0 Å². The van der Waals surface area contributed by atoms with Crippen molar-refractivity contribution in [1.29, 1.82) is 0 Å². The topological polar surface area (TPSA) is 38.8 Å². The fourth-order valence-corrected chi connectivity index (χ4v) is 4.59. The molecule has 2 aliphatic heterocycles. The molecule has 0 unspecified atom stereocenters. The molecule has 0 aromatic carbocycles.